The highest BCUT2D eigenvalue weighted by Crippen LogP contribution is 2.04. The highest BCUT2D eigenvalue weighted by Gasteiger charge is 2.20. The normalized spacial score (nSPS) is 17.1. The average molecular weight is 511 g/mol. The molecule has 12 nitrogen and oxygen atoms in total. The van der Waals surface area contributed by atoms with E-state index < -0.39 is 11.9 Å². The third kappa shape index (κ3) is 13.9. The zero-order valence-electron chi connectivity index (χ0n) is 20.8. The predicted molar refractivity (Wildman–Crippen MR) is 131 cm³/mol. The first kappa shape index (κ1) is 31.1. The Kier molecular flexibility index (Phi) is 15.9. The number of nitrogens with zero attached hydrogens (tertiary/aromatic N) is 4. The van der Waals surface area contributed by atoms with Crippen LogP contribution in [-0.2, 0) is 30.5 Å². The summed E-state index contributed by atoms with van der Waals surface area (Å²) in [6.07, 6.45) is 0.806. The quantitative estimate of drug-likeness (QED) is 0.260. The minimum atomic E-state index is -0.970. The third-order valence-electron chi connectivity index (χ3n) is 5.58. The second-order valence-corrected chi connectivity index (χ2v) is 8.23. The summed E-state index contributed by atoms with van der Waals surface area (Å²) in [5, 5.41) is 25.5. The molecule has 1 aromatic carbocycles. The predicted octanol–water partition coefficient (Wildman–Crippen LogP) is -1.07. The molecule has 3 N–H and O–H groups in total. The molecule has 0 bridgehead atoms. The van der Waals surface area contributed by atoms with E-state index in [9.17, 15) is 29.4 Å². The Hall–Kier alpha value is -2.90. The summed E-state index contributed by atoms with van der Waals surface area (Å²) >= 11 is 0. The zero-order valence-corrected chi connectivity index (χ0v) is 20.8. The molecule has 0 spiro atoms. The molecule has 1 aliphatic heterocycles. The molecule has 1 fully saturated rings. The van der Waals surface area contributed by atoms with Gasteiger partial charge in [0.2, 0.25) is 0 Å². The Labute approximate surface area is 211 Å². The molecule has 0 amide bonds. The number of aldehydes is 1. The van der Waals surface area contributed by atoms with E-state index in [2.05, 4.69) is 0 Å². The van der Waals surface area contributed by atoms with Crippen LogP contribution in [0.3, 0.4) is 0 Å². The Bertz CT molecular complexity index is 796. The number of carboxylic acids is 2. The van der Waals surface area contributed by atoms with E-state index in [1.54, 1.807) is 9.80 Å². The number of aliphatic hydroxyl groups is 1. The van der Waals surface area contributed by atoms with Gasteiger partial charge in [-0.3, -0.25) is 34.0 Å². The van der Waals surface area contributed by atoms with Crippen molar-refractivity contribution in [2.24, 2.45) is 0 Å². The van der Waals surface area contributed by atoms with E-state index in [1.165, 1.54) is 0 Å². The lowest BCUT2D eigenvalue weighted by atomic mass is 10.2. The van der Waals surface area contributed by atoms with Crippen LogP contribution in [0, 0.1) is 0 Å². The summed E-state index contributed by atoms with van der Waals surface area (Å²) < 4.78 is 5.40. The number of ether oxygens (including phenoxy) is 1. The number of carbonyl (C=O) groups excluding carboxylic acids is 2. The van der Waals surface area contributed by atoms with Crippen LogP contribution >= 0.6 is 0 Å². The summed E-state index contributed by atoms with van der Waals surface area (Å²) in [6, 6.07) is 9.37. The lowest BCUT2D eigenvalue weighted by Crippen LogP contribution is -2.48. The van der Waals surface area contributed by atoms with Gasteiger partial charge in [0.1, 0.15) is 12.9 Å². The zero-order chi connectivity index (χ0) is 26.8. The number of carboxylic acid groups (broad SMARTS) is 2. The van der Waals surface area contributed by atoms with Gasteiger partial charge >= 0.3 is 17.9 Å². The van der Waals surface area contributed by atoms with Gasteiger partial charge in [-0.2, -0.15) is 0 Å². The average Bonchev–Trinajstić information content (AvgIpc) is 2.85. The maximum Gasteiger partial charge on any atom is 0.320 e. The fourth-order valence-electron chi connectivity index (χ4n) is 3.69. The van der Waals surface area contributed by atoms with Crippen molar-refractivity contribution in [3.8, 4) is 0 Å². The number of aliphatic carboxylic acids is 2. The van der Waals surface area contributed by atoms with Gasteiger partial charge in [-0.1, -0.05) is 30.3 Å². The van der Waals surface area contributed by atoms with Gasteiger partial charge in [0, 0.05) is 59.5 Å². The molecule has 1 aliphatic rings. The molecule has 0 aliphatic carbocycles. The van der Waals surface area contributed by atoms with Gasteiger partial charge in [0.15, 0.2) is 0 Å². The maximum absolute atomic E-state index is 12.5. The van der Waals surface area contributed by atoms with Crippen molar-refractivity contribution in [1.82, 2.24) is 19.6 Å². The summed E-state index contributed by atoms with van der Waals surface area (Å²) in [4.78, 5) is 53.5. The van der Waals surface area contributed by atoms with Crippen molar-refractivity contribution in [3.05, 3.63) is 35.9 Å². The van der Waals surface area contributed by atoms with Crippen molar-refractivity contribution < 1.29 is 39.2 Å². The van der Waals surface area contributed by atoms with E-state index in [1.807, 2.05) is 40.1 Å². The second-order valence-electron chi connectivity index (χ2n) is 8.23. The first-order chi connectivity index (χ1) is 17.4. The topological polar surface area (TPSA) is 151 Å². The van der Waals surface area contributed by atoms with E-state index >= 15 is 0 Å². The SMILES string of the molecule is CO.O=CCN1CCN(CC(=O)O)CCN(CC(=O)O)CCN(CC(=O)OCc2ccccc2)CC1. The number of benzene rings is 1. The number of rotatable bonds is 10. The van der Waals surface area contributed by atoms with Crippen molar-refractivity contribution in [2.75, 3.05) is 85.6 Å². The molecule has 1 aromatic rings. The highest BCUT2D eigenvalue weighted by atomic mass is 16.5. The van der Waals surface area contributed by atoms with Gasteiger partial charge in [0.05, 0.1) is 26.2 Å². The second kappa shape index (κ2) is 18.4. The molecule has 12 heteroatoms. The summed E-state index contributed by atoms with van der Waals surface area (Å²) in [5.74, 6) is -2.31. The molecule has 202 valence electrons. The molecule has 0 atom stereocenters. The van der Waals surface area contributed by atoms with Crippen LogP contribution in [0.5, 0.6) is 0 Å². The molecule has 0 unspecified atom stereocenters. The molecular weight excluding hydrogens is 472 g/mol. The number of hydrogen-bond donors (Lipinski definition) is 3. The number of hydrogen-bond acceptors (Lipinski definition) is 10. The summed E-state index contributed by atoms with van der Waals surface area (Å²) in [5.41, 5.74) is 0.889. The van der Waals surface area contributed by atoms with Crippen LogP contribution in [0.4, 0.5) is 0 Å². The first-order valence-electron chi connectivity index (χ1n) is 11.8. The fourth-order valence-corrected chi connectivity index (χ4v) is 3.69. The van der Waals surface area contributed by atoms with E-state index in [-0.39, 0.29) is 38.8 Å². The van der Waals surface area contributed by atoms with E-state index in [0.717, 1.165) is 19.0 Å². The largest absolute Gasteiger partial charge is 0.480 e. The van der Waals surface area contributed by atoms with E-state index in [0.29, 0.717) is 52.4 Å². The minimum absolute atomic E-state index is 0.0494. The molecular formula is C24H38N4O8. The first-order valence-corrected chi connectivity index (χ1v) is 11.8. The van der Waals surface area contributed by atoms with Crippen LogP contribution in [-0.4, -0.2) is 145 Å². The van der Waals surface area contributed by atoms with Crippen LogP contribution < -0.4 is 0 Å². The Morgan fingerprint density at radius 3 is 1.58 bits per heavy atom. The number of aliphatic hydroxyl groups excluding tert-OH is 1. The fraction of sp³-hybridized carbons (Fsp3) is 0.583. The van der Waals surface area contributed by atoms with Gasteiger partial charge in [-0.05, 0) is 5.56 Å². The van der Waals surface area contributed by atoms with Gasteiger partial charge in [0.25, 0.3) is 0 Å². The molecule has 0 saturated carbocycles. The monoisotopic (exact) mass is 510 g/mol. The Morgan fingerprint density at radius 1 is 0.750 bits per heavy atom. The molecule has 2 rings (SSSR count). The smallest absolute Gasteiger partial charge is 0.320 e. The van der Waals surface area contributed by atoms with Crippen molar-refractivity contribution in [1.29, 1.82) is 0 Å². The van der Waals surface area contributed by atoms with Crippen LogP contribution in [0.1, 0.15) is 5.56 Å². The Morgan fingerprint density at radius 2 is 1.17 bits per heavy atom. The van der Waals surface area contributed by atoms with Gasteiger partial charge in [-0.25, -0.2) is 0 Å². The van der Waals surface area contributed by atoms with Crippen molar-refractivity contribution in [2.45, 2.75) is 6.61 Å². The molecule has 0 aromatic heterocycles. The summed E-state index contributed by atoms with van der Waals surface area (Å²) in [6.45, 7) is 3.58. The van der Waals surface area contributed by atoms with Crippen LogP contribution in [0.25, 0.3) is 0 Å². The molecule has 36 heavy (non-hydrogen) atoms. The number of carbonyl (C=O) groups is 4. The lowest BCUT2D eigenvalue weighted by Gasteiger charge is -2.32. The van der Waals surface area contributed by atoms with E-state index in [4.69, 9.17) is 9.84 Å². The van der Waals surface area contributed by atoms with Crippen LogP contribution in [0.15, 0.2) is 30.3 Å². The standard InChI is InChI=1S/C23H34N4O7.CH4O/c28-15-14-24-6-8-25(16-21(29)30)10-11-26(17-22(31)32)12-13-27(9-7-24)18-23(33)34-19-20-4-2-1-3-5-20;1-2/h1-5,15H,6-14,16-19H2,(H,29,30)(H,31,32);2H,1H3. The molecule has 0 radical (unpaired) electrons. The Balaban J connectivity index is 0.00000316. The highest BCUT2D eigenvalue weighted by molar-refractivity contribution is 5.71. The van der Waals surface area contributed by atoms with Gasteiger partial charge < -0.3 is 24.9 Å². The van der Waals surface area contributed by atoms with Crippen LogP contribution in [0.2, 0.25) is 0 Å². The summed E-state index contributed by atoms with van der Waals surface area (Å²) in [7, 11) is 1.00. The maximum atomic E-state index is 12.5. The molecule has 1 saturated heterocycles. The number of esters is 1. The van der Waals surface area contributed by atoms with Crippen molar-refractivity contribution >= 4 is 24.2 Å². The van der Waals surface area contributed by atoms with Gasteiger partial charge in [-0.15, -0.1) is 0 Å². The van der Waals surface area contributed by atoms with Crippen molar-refractivity contribution in [3.63, 3.8) is 0 Å². The minimum Gasteiger partial charge on any atom is -0.480 e. The molecule has 1 heterocycles. The third-order valence-corrected chi connectivity index (χ3v) is 5.58. The lowest BCUT2D eigenvalue weighted by molar-refractivity contribution is -0.146.